The number of alkyl halides is 1. The summed E-state index contributed by atoms with van der Waals surface area (Å²) in [6.45, 7) is -0.632. The van der Waals surface area contributed by atoms with E-state index in [4.69, 9.17) is 0 Å². The average Bonchev–Trinajstić information content (AvgIpc) is 2.27. The Morgan fingerprint density at radius 1 is 1.33 bits per heavy atom. The lowest BCUT2D eigenvalue weighted by atomic mass is 10.2. The van der Waals surface area contributed by atoms with E-state index >= 15 is 0 Å². The lowest BCUT2D eigenvalue weighted by Crippen LogP contribution is -1.90. The maximum Gasteiger partial charge on any atom is 0.270 e. The molecule has 0 spiro atoms. The van der Waals surface area contributed by atoms with Gasteiger partial charge in [-0.3, -0.25) is 15.1 Å². The molecule has 0 saturated heterocycles. The highest BCUT2D eigenvalue weighted by Crippen LogP contribution is 2.19. The number of pyridine rings is 1. The number of aromatic nitrogens is 1. The second-order valence-corrected chi connectivity index (χ2v) is 3.07. The van der Waals surface area contributed by atoms with E-state index in [1.165, 1.54) is 24.3 Å². The van der Waals surface area contributed by atoms with Crippen molar-refractivity contribution in [2.75, 3.05) is 0 Å². The van der Waals surface area contributed by atoms with Crippen molar-refractivity contribution in [3.8, 4) is 0 Å². The third-order valence-electron chi connectivity index (χ3n) is 2.08. The van der Waals surface area contributed by atoms with Crippen molar-refractivity contribution in [2.24, 2.45) is 0 Å². The topological polar surface area (TPSA) is 56.0 Å². The van der Waals surface area contributed by atoms with Crippen molar-refractivity contribution in [1.82, 2.24) is 4.98 Å². The van der Waals surface area contributed by atoms with Gasteiger partial charge in [-0.25, -0.2) is 4.39 Å². The molecule has 76 valence electrons. The van der Waals surface area contributed by atoms with Crippen molar-refractivity contribution in [3.63, 3.8) is 0 Å². The van der Waals surface area contributed by atoms with Gasteiger partial charge in [0.05, 0.1) is 16.1 Å². The Labute approximate surface area is 84.5 Å². The second kappa shape index (κ2) is 3.61. The van der Waals surface area contributed by atoms with Gasteiger partial charge in [0.2, 0.25) is 0 Å². The van der Waals surface area contributed by atoms with E-state index in [2.05, 4.69) is 4.98 Å². The standard InChI is InChI=1S/C10H7FN2O2/c11-6-8-2-1-7-5-9(13(14)15)3-4-10(7)12-8/h1-5H,6H2. The fourth-order valence-electron chi connectivity index (χ4n) is 1.34. The lowest BCUT2D eigenvalue weighted by molar-refractivity contribution is -0.384. The van der Waals surface area contributed by atoms with Gasteiger partial charge in [0, 0.05) is 17.5 Å². The van der Waals surface area contributed by atoms with Gasteiger partial charge in [-0.15, -0.1) is 0 Å². The maximum absolute atomic E-state index is 12.3. The minimum atomic E-state index is -0.632. The number of fused-ring (bicyclic) bond motifs is 1. The van der Waals surface area contributed by atoms with Crippen LogP contribution in [0.1, 0.15) is 5.69 Å². The van der Waals surface area contributed by atoms with Crippen molar-refractivity contribution in [2.45, 2.75) is 6.67 Å². The molecule has 0 unspecified atom stereocenters. The number of halogens is 1. The van der Waals surface area contributed by atoms with Crippen LogP contribution in [0, 0.1) is 10.1 Å². The van der Waals surface area contributed by atoms with Gasteiger partial charge >= 0.3 is 0 Å². The fraction of sp³-hybridized carbons (Fsp3) is 0.100. The van der Waals surface area contributed by atoms with E-state index in [9.17, 15) is 14.5 Å². The summed E-state index contributed by atoms with van der Waals surface area (Å²) in [4.78, 5) is 14.0. The summed E-state index contributed by atoms with van der Waals surface area (Å²) in [7, 11) is 0. The SMILES string of the molecule is O=[N+]([O-])c1ccc2nc(CF)ccc2c1. The largest absolute Gasteiger partial charge is 0.270 e. The molecule has 0 bridgehead atoms. The molecule has 0 atom stereocenters. The summed E-state index contributed by atoms with van der Waals surface area (Å²) in [6, 6.07) is 7.45. The number of nitro benzene ring substituents is 1. The molecule has 0 amide bonds. The molecule has 1 aromatic heterocycles. The Hall–Kier alpha value is -2.04. The molecular weight excluding hydrogens is 199 g/mol. The Morgan fingerprint density at radius 3 is 2.80 bits per heavy atom. The number of hydrogen-bond donors (Lipinski definition) is 0. The zero-order valence-electron chi connectivity index (χ0n) is 7.68. The monoisotopic (exact) mass is 206 g/mol. The number of nitrogens with zero attached hydrogens (tertiary/aromatic N) is 2. The van der Waals surface area contributed by atoms with Crippen molar-refractivity contribution < 1.29 is 9.31 Å². The Bertz CT molecular complexity index is 528. The highest BCUT2D eigenvalue weighted by atomic mass is 19.1. The molecule has 0 fully saturated rings. The zero-order valence-corrected chi connectivity index (χ0v) is 7.68. The van der Waals surface area contributed by atoms with E-state index in [-0.39, 0.29) is 5.69 Å². The van der Waals surface area contributed by atoms with Gasteiger partial charge in [0.15, 0.2) is 0 Å². The Kier molecular flexibility index (Phi) is 2.29. The van der Waals surface area contributed by atoms with Gasteiger partial charge in [-0.2, -0.15) is 0 Å². The first-order valence-electron chi connectivity index (χ1n) is 4.31. The van der Waals surface area contributed by atoms with Crippen LogP contribution in [0.25, 0.3) is 10.9 Å². The molecule has 0 N–H and O–H groups in total. The van der Waals surface area contributed by atoms with Gasteiger partial charge < -0.3 is 0 Å². The number of rotatable bonds is 2. The van der Waals surface area contributed by atoms with E-state index in [0.29, 0.717) is 16.6 Å². The number of hydrogen-bond acceptors (Lipinski definition) is 3. The first kappa shape index (κ1) is 9.51. The molecule has 0 aliphatic carbocycles. The molecule has 0 saturated carbocycles. The zero-order chi connectivity index (χ0) is 10.8. The molecule has 4 nitrogen and oxygen atoms in total. The van der Waals surface area contributed by atoms with E-state index in [1.807, 2.05) is 0 Å². The van der Waals surface area contributed by atoms with Crippen LogP contribution >= 0.6 is 0 Å². The van der Waals surface area contributed by atoms with Gasteiger partial charge in [0.1, 0.15) is 6.67 Å². The number of non-ortho nitro benzene ring substituents is 1. The highest BCUT2D eigenvalue weighted by molar-refractivity contribution is 5.81. The van der Waals surface area contributed by atoms with Crippen LogP contribution in [0.15, 0.2) is 30.3 Å². The fourth-order valence-corrected chi connectivity index (χ4v) is 1.34. The van der Waals surface area contributed by atoms with Crippen LogP contribution in [0.5, 0.6) is 0 Å². The molecule has 1 heterocycles. The number of benzene rings is 1. The molecule has 0 aliphatic rings. The minimum absolute atomic E-state index is 0.0114. The Morgan fingerprint density at radius 2 is 2.13 bits per heavy atom. The van der Waals surface area contributed by atoms with E-state index in [0.717, 1.165) is 0 Å². The summed E-state index contributed by atoms with van der Waals surface area (Å²) >= 11 is 0. The molecule has 2 rings (SSSR count). The van der Waals surface area contributed by atoms with Crippen molar-refractivity contribution >= 4 is 16.6 Å². The second-order valence-electron chi connectivity index (χ2n) is 3.07. The summed E-state index contributed by atoms with van der Waals surface area (Å²) in [5.74, 6) is 0. The molecular formula is C10H7FN2O2. The summed E-state index contributed by atoms with van der Waals surface area (Å²) in [5, 5.41) is 11.1. The van der Waals surface area contributed by atoms with Crippen LogP contribution < -0.4 is 0 Å². The summed E-state index contributed by atoms with van der Waals surface area (Å²) < 4.78 is 12.3. The molecule has 15 heavy (non-hydrogen) atoms. The smallest absolute Gasteiger partial charge is 0.258 e. The normalized spacial score (nSPS) is 10.5. The summed E-state index contributed by atoms with van der Waals surface area (Å²) in [5.41, 5.74) is 0.907. The molecule has 0 radical (unpaired) electrons. The van der Waals surface area contributed by atoms with Crippen LogP contribution in [0.2, 0.25) is 0 Å². The first-order chi connectivity index (χ1) is 7.20. The minimum Gasteiger partial charge on any atom is -0.258 e. The first-order valence-corrected chi connectivity index (χ1v) is 4.31. The van der Waals surface area contributed by atoms with Crippen LogP contribution in [0.4, 0.5) is 10.1 Å². The molecule has 2 aromatic rings. The highest BCUT2D eigenvalue weighted by Gasteiger charge is 2.06. The van der Waals surface area contributed by atoms with Gasteiger partial charge in [-0.05, 0) is 12.1 Å². The Balaban J connectivity index is 2.59. The van der Waals surface area contributed by atoms with E-state index in [1.54, 1.807) is 6.07 Å². The van der Waals surface area contributed by atoms with E-state index < -0.39 is 11.6 Å². The molecule has 5 heteroatoms. The predicted molar refractivity (Wildman–Crippen MR) is 53.2 cm³/mol. The third-order valence-corrected chi connectivity index (χ3v) is 2.08. The number of nitro groups is 1. The summed E-state index contributed by atoms with van der Waals surface area (Å²) in [6.07, 6.45) is 0. The van der Waals surface area contributed by atoms with Crippen LogP contribution in [-0.4, -0.2) is 9.91 Å². The third kappa shape index (κ3) is 1.76. The van der Waals surface area contributed by atoms with Crippen LogP contribution in [0.3, 0.4) is 0 Å². The lowest BCUT2D eigenvalue weighted by Gasteiger charge is -1.99. The van der Waals surface area contributed by atoms with Crippen LogP contribution in [-0.2, 0) is 6.67 Å². The maximum atomic E-state index is 12.3. The predicted octanol–water partition coefficient (Wildman–Crippen LogP) is 2.61. The van der Waals surface area contributed by atoms with Crippen molar-refractivity contribution in [1.29, 1.82) is 0 Å². The quantitative estimate of drug-likeness (QED) is 0.560. The average molecular weight is 206 g/mol. The van der Waals surface area contributed by atoms with Gasteiger partial charge in [-0.1, -0.05) is 6.07 Å². The van der Waals surface area contributed by atoms with Gasteiger partial charge in [0.25, 0.3) is 5.69 Å². The molecule has 0 aliphatic heterocycles. The molecule has 1 aromatic carbocycles. The van der Waals surface area contributed by atoms with Crippen molar-refractivity contribution in [3.05, 3.63) is 46.1 Å².